The number of hydrogen-bond donors (Lipinski definition) is 0. The third-order valence-corrected chi connectivity index (χ3v) is 5.07. The standard InChI is InChI=1S/C18H25FO2/c1-2-13-11-20-18(21-12-13)16-5-3-14(4-6-16)15-7-9-17(19)10-8-15/h7-10,13-14,16,18H,2-6,11-12H2,1H3/t13-,14?,16?,18-. The highest BCUT2D eigenvalue weighted by Crippen LogP contribution is 2.38. The van der Waals surface area contributed by atoms with Crippen molar-refractivity contribution >= 4 is 0 Å². The number of rotatable bonds is 3. The molecule has 0 spiro atoms. The van der Waals surface area contributed by atoms with Gasteiger partial charge < -0.3 is 9.47 Å². The largest absolute Gasteiger partial charge is 0.352 e. The molecule has 3 rings (SSSR count). The lowest BCUT2D eigenvalue weighted by atomic mass is 9.78. The highest BCUT2D eigenvalue weighted by molar-refractivity contribution is 5.20. The van der Waals surface area contributed by atoms with Gasteiger partial charge in [-0.25, -0.2) is 4.39 Å². The van der Waals surface area contributed by atoms with Crippen molar-refractivity contribution < 1.29 is 13.9 Å². The Morgan fingerprint density at radius 3 is 2.19 bits per heavy atom. The van der Waals surface area contributed by atoms with Crippen LogP contribution in [0.3, 0.4) is 0 Å². The van der Waals surface area contributed by atoms with Gasteiger partial charge in [-0.3, -0.25) is 0 Å². The highest BCUT2D eigenvalue weighted by atomic mass is 19.1. The van der Waals surface area contributed by atoms with Crippen molar-refractivity contribution in [2.75, 3.05) is 13.2 Å². The molecule has 0 N–H and O–H groups in total. The summed E-state index contributed by atoms with van der Waals surface area (Å²) in [5.74, 6) is 1.51. The fourth-order valence-corrected chi connectivity index (χ4v) is 3.53. The van der Waals surface area contributed by atoms with E-state index in [0.717, 1.165) is 45.3 Å². The molecule has 2 nitrogen and oxygen atoms in total. The first-order valence-electron chi connectivity index (χ1n) is 8.25. The summed E-state index contributed by atoms with van der Waals surface area (Å²) in [4.78, 5) is 0. The van der Waals surface area contributed by atoms with Gasteiger partial charge in [-0.2, -0.15) is 0 Å². The van der Waals surface area contributed by atoms with Gasteiger partial charge in [0.1, 0.15) is 5.82 Å². The first-order chi connectivity index (χ1) is 10.3. The second kappa shape index (κ2) is 6.89. The van der Waals surface area contributed by atoms with Crippen molar-refractivity contribution in [1.82, 2.24) is 0 Å². The molecule has 0 aromatic heterocycles. The average Bonchev–Trinajstić information content (AvgIpc) is 2.56. The van der Waals surface area contributed by atoms with Crippen LogP contribution in [0.15, 0.2) is 24.3 Å². The zero-order chi connectivity index (χ0) is 14.7. The minimum absolute atomic E-state index is 0.00182. The summed E-state index contributed by atoms with van der Waals surface area (Å²) in [6.07, 6.45) is 5.71. The summed E-state index contributed by atoms with van der Waals surface area (Å²) in [6, 6.07) is 7.00. The minimum atomic E-state index is -0.151. The van der Waals surface area contributed by atoms with Crippen LogP contribution in [0.1, 0.15) is 50.5 Å². The number of ether oxygens (including phenoxy) is 2. The van der Waals surface area contributed by atoms with Gasteiger partial charge in [0.05, 0.1) is 13.2 Å². The molecule has 116 valence electrons. The van der Waals surface area contributed by atoms with E-state index >= 15 is 0 Å². The van der Waals surface area contributed by atoms with Crippen molar-refractivity contribution in [1.29, 1.82) is 0 Å². The second-order valence-corrected chi connectivity index (χ2v) is 6.47. The molecule has 2 fully saturated rings. The van der Waals surface area contributed by atoms with E-state index in [1.54, 1.807) is 12.1 Å². The highest BCUT2D eigenvalue weighted by Gasteiger charge is 2.32. The van der Waals surface area contributed by atoms with Crippen molar-refractivity contribution in [3.05, 3.63) is 35.6 Å². The Balaban J connectivity index is 1.50. The maximum absolute atomic E-state index is 13.0. The van der Waals surface area contributed by atoms with Crippen LogP contribution in [0.4, 0.5) is 4.39 Å². The quantitative estimate of drug-likeness (QED) is 0.816. The Morgan fingerprint density at radius 2 is 1.62 bits per heavy atom. The molecule has 3 heteroatoms. The Bertz CT molecular complexity index is 429. The first-order valence-corrected chi connectivity index (χ1v) is 8.25. The summed E-state index contributed by atoms with van der Waals surface area (Å²) in [7, 11) is 0. The molecule has 0 radical (unpaired) electrons. The fourth-order valence-electron chi connectivity index (χ4n) is 3.53. The van der Waals surface area contributed by atoms with Gasteiger partial charge >= 0.3 is 0 Å². The van der Waals surface area contributed by atoms with E-state index in [2.05, 4.69) is 6.92 Å². The molecule has 1 aliphatic carbocycles. The summed E-state index contributed by atoms with van der Waals surface area (Å²) in [5, 5.41) is 0. The van der Waals surface area contributed by atoms with Gasteiger partial charge in [0, 0.05) is 11.8 Å². The molecular formula is C18H25FO2. The van der Waals surface area contributed by atoms with Crippen LogP contribution in [0.2, 0.25) is 0 Å². The predicted molar refractivity (Wildman–Crippen MR) is 80.6 cm³/mol. The van der Waals surface area contributed by atoms with Crippen molar-refractivity contribution in [3.8, 4) is 0 Å². The average molecular weight is 292 g/mol. The van der Waals surface area contributed by atoms with Crippen LogP contribution >= 0.6 is 0 Å². The molecule has 0 amide bonds. The summed E-state index contributed by atoms with van der Waals surface area (Å²) < 4.78 is 24.8. The Hall–Kier alpha value is -0.930. The summed E-state index contributed by atoms with van der Waals surface area (Å²) in [6.45, 7) is 3.88. The fraction of sp³-hybridized carbons (Fsp3) is 0.667. The first kappa shape index (κ1) is 15.0. The lowest BCUT2D eigenvalue weighted by molar-refractivity contribution is -0.228. The van der Waals surface area contributed by atoms with E-state index in [-0.39, 0.29) is 12.1 Å². The Morgan fingerprint density at radius 1 is 1.00 bits per heavy atom. The third kappa shape index (κ3) is 3.64. The van der Waals surface area contributed by atoms with Crippen LogP contribution < -0.4 is 0 Å². The molecule has 1 aliphatic heterocycles. The molecule has 1 aromatic rings. The lowest BCUT2D eigenvalue weighted by Crippen LogP contribution is -2.38. The lowest BCUT2D eigenvalue weighted by Gasteiger charge is -2.37. The van der Waals surface area contributed by atoms with Crippen LogP contribution in [-0.2, 0) is 9.47 Å². The van der Waals surface area contributed by atoms with E-state index in [0.29, 0.717) is 17.8 Å². The minimum Gasteiger partial charge on any atom is -0.352 e. The Labute approximate surface area is 126 Å². The van der Waals surface area contributed by atoms with Crippen LogP contribution in [0.5, 0.6) is 0 Å². The van der Waals surface area contributed by atoms with Crippen molar-refractivity contribution in [2.24, 2.45) is 11.8 Å². The van der Waals surface area contributed by atoms with E-state index < -0.39 is 0 Å². The SMILES string of the molecule is CC[C@H]1CO[C@H](C2CCC(c3ccc(F)cc3)CC2)OC1. The maximum atomic E-state index is 13.0. The Kier molecular flexibility index (Phi) is 4.91. The maximum Gasteiger partial charge on any atom is 0.160 e. The van der Waals surface area contributed by atoms with Gasteiger partial charge in [-0.15, -0.1) is 0 Å². The molecule has 0 unspecified atom stereocenters. The smallest absolute Gasteiger partial charge is 0.160 e. The van der Waals surface area contributed by atoms with Gasteiger partial charge in [-0.05, 0) is 55.7 Å². The normalized spacial score (nSPS) is 33.8. The summed E-state index contributed by atoms with van der Waals surface area (Å²) in [5.41, 5.74) is 1.27. The number of hydrogen-bond acceptors (Lipinski definition) is 2. The summed E-state index contributed by atoms with van der Waals surface area (Å²) >= 11 is 0. The molecule has 1 saturated carbocycles. The van der Waals surface area contributed by atoms with Crippen molar-refractivity contribution in [3.63, 3.8) is 0 Å². The predicted octanol–water partition coefficient (Wildman–Crippen LogP) is 4.50. The number of benzene rings is 1. The molecular weight excluding hydrogens is 267 g/mol. The molecule has 1 aromatic carbocycles. The van der Waals surface area contributed by atoms with Crippen molar-refractivity contribution in [2.45, 2.75) is 51.2 Å². The monoisotopic (exact) mass is 292 g/mol. The molecule has 1 heterocycles. The molecule has 0 bridgehead atoms. The van der Waals surface area contributed by atoms with E-state index in [9.17, 15) is 4.39 Å². The second-order valence-electron chi connectivity index (χ2n) is 6.47. The molecule has 2 aliphatic rings. The van der Waals surface area contributed by atoms with E-state index in [1.807, 2.05) is 12.1 Å². The number of halogens is 1. The topological polar surface area (TPSA) is 18.5 Å². The zero-order valence-electron chi connectivity index (χ0n) is 12.8. The van der Waals surface area contributed by atoms with Crippen LogP contribution in [0.25, 0.3) is 0 Å². The van der Waals surface area contributed by atoms with Crippen LogP contribution in [-0.4, -0.2) is 19.5 Å². The van der Waals surface area contributed by atoms with Gasteiger partial charge in [-0.1, -0.05) is 19.1 Å². The van der Waals surface area contributed by atoms with Gasteiger partial charge in [0.2, 0.25) is 0 Å². The van der Waals surface area contributed by atoms with E-state index in [1.165, 1.54) is 5.56 Å². The van der Waals surface area contributed by atoms with Gasteiger partial charge in [0.15, 0.2) is 6.29 Å². The zero-order valence-corrected chi connectivity index (χ0v) is 12.8. The van der Waals surface area contributed by atoms with E-state index in [4.69, 9.17) is 9.47 Å². The third-order valence-electron chi connectivity index (χ3n) is 5.07. The molecule has 1 saturated heterocycles. The van der Waals surface area contributed by atoms with Gasteiger partial charge in [0.25, 0.3) is 0 Å². The van der Waals surface area contributed by atoms with Crippen LogP contribution in [0, 0.1) is 17.7 Å². The molecule has 21 heavy (non-hydrogen) atoms. The molecule has 0 atom stereocenters.